The molecule has 0 amide bonds. The highest BCUT2D eigenvalue weighted by molar-refractivity contribution is 6.02. The van der Waals surface area contributed by atoms with Crippen molar-refractivity contribution in [3.63, 3.8) is 0 Å². The molecule has 0 N–H and O–H groups in total. The Morgan fingerprint density at radius 2 is 1.48 bits per heavy atom. The van der Waals surface area contributed by atoms with Crippen molar-refractivity contribution in [3.8, 4) is 17.3 Å². The van der Waals surface area contributed by atoms with Gasteiger partial charge in [-0.15, -0.1) is 0 Å². The second-order valence-corrected chi connectivity index (χ2v) is 5.82. The number of aryl methyl sites for hydroxylation is 2. The Kier molecular flexibility index (Phi) is 3.23. The van der Waals surface area contributed by atoms with E-state index < -0.39 is 0 Å². The lowest BCUT2D eigenvalue weighted by atomic mass is 10.1. The molecule has 0 fully saturated rings. The molecule has 2 aromatic carbocycles. The standard InChI is InChI=1S/C19H17N3O/c1-13-3-7-15(8-4-13)17-11-22-19(20-17)23-12-18(21-22)16-9-5-14(2)6-10-16/h3-11H,12H2,1-2H3. The number of imidazole rings is 1. The SMILES string of the molecule is Cc1ccc(C2=Nn3cc(-c4ccc(C)cc4)nc3OC2)cc1. The maximum Gasteiger partial charge on any atom is 0.318 e. The van der Waals surface area contributed by atoms with Gasteiger partial charge in [0.25, 0.3) is 0 Å². The molecule has 0 bridgehead atoms. The molecule has 23 heavy (non-hydrogen) atoms. The first-order valence-electron chi connectivity index (χ1n) is 7.63. The Labute approximate surface area is 135 Å². The van der Waals surface area contributed by atoms with Crippen molar-refractivity contribution in [2.45, 2.75) is 13.8 Å². The molecule has 0 aliphatic carbocycles. The molecular weight excluding hydrogens is 286 g/mol. The topological polar surface area (TPSA) is 39.4 Å². The molecule has 0 saturated heterocycles. The van der Waals surface area contributed by atoms with Gasteiger partial charge in [-0.3, -0.25) is 0 Å². The average Bonchev–Trinajstić information content (AvgIpc) is 2.99. The van der Waals surface area contributed by atoms with E-state index in [2.05, 4.69) is 72.5 Å². The van der Waals surface area contributed by atoms with Gasteiger partial charge in [0.05, 0.1) is 11.9 Å². The Hall–Kier alpha value is -2.88. The van der Waals surface area contributed by atoms with Crippen LogP contribution >= 0.6 is 0 Å². The molecule has 2 heterocycles. The van der Waals surface area contributed by atoms with Gasteiger partial charge >= 0.3 is 6.01 Å². The molecular formula is C19H17N3O. The first-order chi connectivity index (χ1) is 11.2. The predicted octanol–water partition coefficient (Wildman–Crippen LogP) is 3.81. The summed E-state index contributed by atoms with van der Waals surface area (Å²) in [5, 5.41) is 4.65. The molecule has 0 radical (unpaired) electrons. The van der Waals surface area contributed by atoms with Gasteiger partial charge < -0.3 is 4.74 Å². The van der Waals surface area contributed by atoms with Crippen molar-refractivity contribution in [2.24, 2.45) is 5.10 Å². The van der Waals surface area contributed by atoms with Crippen LogP contribution in [-0.4, -0.2) is 22.0 Å². The van der Waals surface area contributed by atoms with Crippen LogP contribution in [0.3, 0.4) is 0 Å². The van der Waals surface area contributed by atoms with Gasteiger partial charge in [-0.2, -0.15) is 14.8 Å². The van der Waals surface area contributed by atoms with Crippen molar-refractivity contribution >= 4 is 5.71 Å². The minimum absolute atomic E-state index is 0.438. The van der Waals surface area contributed by atoms with Gasteiger partial charge in [0.2, 0.25) is 0 Å². The van der Waals surface area contributed by atoms with Gasteiger partial charge in [0, 0.05) is 11.1 Å². The zero-order valence-electron chi connectivity index (χ0n) is 13.2. The predicted molar refractivity (Wildman–Crippen MR) is 91.0 cm³/mol. The third kappa shape index (κ3) is 2.63. The molecule has 0 spiro atoms. The maximum absolute atomic E-state index is 5.77. The summed E-state index contributed by atoms with van der Waals surface area (Å²) in [6.07, 6.45) is 1.91. The van der Waals surface area contributed by atoms with Crippen LogP contribution in [-0.2, 0) is 0 Å². The second-order valence-electron chi connectivity index (χ2n) is 5.82. The lowest BCUT2D eigenvalue weighted by molar-refractivity contribution is 0.319. The molecule has 1 aliphatic heterocycles. The lowest BCUT2D eigenvalue weighted by Gasteiger charge is -2.14. The smallest absolute Gasteiger partial charge is 0.318 e. The van der Waals surface area contributed by atoms with E-state index in [1.54, 1.807) is 4.68 Å². The summed E-state index contributed by atoms with van der Waals surface area (Å²) in [5.74, 6) is 0. The second kappa shape index (κ2) is 5.39. The van der Waals surface area contributed by atoms with Crippen LogP contribution in [0.5, 0.6) is 6.01 Å². The summed E-state index contributed by atoms with van der Waals surface area (Å²) in [7, 11) is 0. The molecule has 0 saturated carbocycles. The number of hydrogen-bond donors (Lipinski definition) is 0. The molecule has 114 valence electrons. The minimum Gasteiger partial charge on any atom is -0.457 e. The summed E-state index contributed by atoms with van der Waals surface area (Å²) >= 11 is 0. The molecule has 0 unspecified atom stereocenters. The number of aromatic nitrogens is 2. The molecule has 0 atom stereocenters. The Bertz CT molecular complexity index is 874. The Morgan fingerprint density at radius 1 is 0.870 bits per heavy atom. The van der Waals surface area contributed by atoms with Crippen molar-refractivity contribution in [2.75, 3.05) is 6.61 Å². The Balaban J connectivity index is 1.69. The van der Waals surface area contributed by atoms with Crippen molar-refractivity contribution in [3.05, 3.63) is 71.4 Å². The van der Waals surface area contributed by atoms with Gasteiger partial charge in [-0.1, -0.05) is 59.7 Å². The summed E-state index contributed by atoms with van der Waals surface area (Å²) in [6.45, 7) is 4.58. The van der Waals surface area contributed by atoms with E-state index in [0.29, 0.717) is 12.6 Å². The molecule has 4 heteroatoms. The quantitative estimate of drug-likeness (QED) is 0.722. The first-order valence-corrected chi connectivity index (χ1v) is 7.63. The minimum atomic E-state index is 0.438. The van der Waals surface area contributed by atoms with Gasteiger partial charge in [0.1, 0.15) is 12.3 Å². The zero-order chi connectivity index (χ0) is 15.8. The number of hydrogen-bond acceptors (Lipinski definition) is 3. The zero-order valence-corrected chi connectivity index (χ0v) is 13.2. The number of ether oxygens (including phenoxy) is 1. The summed E-state index contributed by atoms with van der Waals surface area (Å²) in [6, 6.07) is 17.1. The van der Waals surface area contributed by atoms with Crippen molar-refractivity contribution in [1.29, 1.82) is 0 Å². The van der Waals surface area contributed by atoms with E-state index in [1.807, 2.05) is 6.20 Å². The van der Waals surface area contributed by atoms with E-state index in [-0.39, 0.29) is 0 Å². The third-order valence-corrected chi connectivity index (χ3v) is 3.96. The van der Waals surface area contributed by atoms with Gasteiger partial charge in [0.15, 0.2) is 0 Å². The highest BCUT2D eigenvalue weighted by atomic mass is 16.5. The van der Waals surface area contributed by atoms with Gasteiger partial charge in [-0.05, 0) is 13.8 Å². The maximum atomic E-state index is 5.77. The number of benzene rings is 2. The summed E-state index contributed by atoms with van der Waals surface area (Å²) < 4.78 is 7.48. The number of fused-ring (bicyclic) bond motifs is 1. The van der Waals surface area contributed by atoms with E-state index >= 15 is 0 Å². The normalized spacial score (nSPS) is 13.2. The van der Waals surface area contributed by atoms with Crippen LogP contribution in [0.1, 0.15) is 16.7 Å². The molecule has 1 aromatic heterocycles. The van der Waals surface area contributed by atoms with Crippen LogP contribution in [0, 0.1) is 13.8 Å². The highest BCUT2D eigenvalue weighted by Gasteiger charge is 2.18. The van der Waals surface area contributed by atoms with E-state index in [9.17, 15) is 0 Å². The average molecular weight is 303 g/mol. The molecule has 3 aromatic rings. The Morgan fingerprint density at radius 3 is 2.13 bits per heavy atom. The van der Waals surface area contributed by atoms with Crippen LogP contribution in [0.25, 0.3) is 11.3 Å². The largest absolute Gasteiger partial charge is 0.457 e. The molecule has 1 aliphatic rings. The van der Waals surface area contributed by atoms with Crippen LogP contribution < -0.4 is 4.74 Å². The summed E-state index contributed by atoms with van der Waals surface area (Å²) in [5.41, 5.74) is 6.38. The number of rotatable bonds is 2. The summed E-state index contributed by atoms with van der Waals surface area (Å²) in [4.78, 5) is 4.53. The monoisotopic (exact) mass is 303 g/mol. The first kappa shape index (κ1) is 13.8. The van der Waals surface area contributed by atoms with Crippen molar-refractivity contribution in [1.82, 2.24) is 9.66 Å². The van der Waals surface area contributed by atoms with Crippen LogP contribution in [0.15, 0.2) is 59.8 Å². The van der Waals surface area contributed by atoms with Crippen molar-refractivity contribution < 1.29 is 4.74 Å². The van der Waals surface area contributed by atoms with Crippen LogP contribution in [0.2, 0.25) is 0 Å². The number of nitrogens with zero attached hydrogens (tertiary/aromatic N) is 3. The van der Waals surface area contributed by atoms with Gasteiger partial charge in [-0.25, -0.2) is 0 Å². The lowest BCUT2D eigenvalue weighted by Crippen LogP contribution is -2.20. The third-order valence-electron chi connectivity index (χ3n) is 3.96. The fraction of sp³-hybridized carbons (Fsp3) is 0.158. The fourth-order valence-electron chi connectivity index (χ4n) is 2.57. The molecule has 4 nitrogen and oxygen atoms in total. The molecule has 4 rings (SSSR count). The van der Waals surface area contributed by atoms with E-state index in [4.69, 9.17) is 4.74 Å². The van der Waals surface area contributed by atoms with E-state index in [0.717, 1.165) is 22.5 Å². The van der Waals surface area contributed by atoms with E-state index in [1.165, 1.54) is 11.1 Å². The fourth-order valence-corrected chi connectivity index (χ4v) is 2.57. The van der Waals surface area contributed by atoms with Crippen LogP contribution in [0.4, 0.5) is 0 Å². The highest BCUT2D eigenvalue weighted by Crippen LogP contribution is 2.25.